The predicted octanol–water partition coefficient (Wildman–Crippen LogP) is 1.48. The molecule has 0 rings (SSSR count). The van der Waals surface area contributed by atoms with Gasteiger partial charge in [0.1, 0.15) is 5.67 Å². The Bertz CT molecular complexity index is 124. The van der Waals surface area contributed by atoms with Crippen LogP contribution in [0.3, 0.4) is 0 Å². The summed E-state index contributed by atoms with van der Waals surface area (Å²) in [6.45, 7) is 1.58. The van der Waals surface area contributed by atoms with E-state index in [1.807, 2.05) is 0 Å². The molecule has 0 aliphatic carbocycles. The molecule has 0 aliphatic heterocycles. The molecule has 0 radical (unpaired) electrons. The van der Waals surface area contributed by atoms with E-state index >= 15 is 0 Å². The molecule has 2 N–H and O–H groups in total. The van der Waals surface area contributed by atoms with Crippen LogP contribution in [-0.2, 0) is 0 Å². The number of hydrogen-bond donors (Lipinski definition) is 1. The van der Waals surface area contributed by atoms with E-state index in [9.17, 15) is 4.39 Å². The van der Waals surface area contributed by atoms with Gasteiger partial charge in [0.05, 0.1) is 0 Å². The van der Waals surface area contributed by atoms with Gasteiger partial charge < -0.3 is 5.73 Å². The maximum atomic E-state index is 12.9. The van der Waals surface area contributed by atoms with Crippen molar-refractivity contribution in [2.24, 2.45) is 5.73 Å². The van der Waals surface area contributed by atoms with Gasteiger partial charge in [0.15, 0.2) is 0 Å². The molecular formula is C8H14FN. The highest BCUT2D eigenvalue weighted by atomic mass is 19.1. The van der Waals surface area contributed by atoms with Gasteiger partial charge in [-0.3, -0.25) is 0 Å². The van der Waals surface area contributed by atoms with Crippen molar-refractivity contribution in [3.8, 4) is 12.3 Å². The number of hydrogen-bond acceptors (Lipinski definition) is 1. The first-order chi connectivity index (χ1) is 4.62. The number of halogens is 1. The van der Waals surface area contributed by atoms with Gasteiger partial charge in [-0.25, -0.2) is 4.39 Å². The van der Waals surface area contributed by atoms with Crippen molar-refractivity contribution in [1.82, 2.24) is 0 Å². The summed E-state index contributed by atoms with van der Waals surface area (Å²) in [5, 5.41) is 0. The number of nitrogens with two attached hydrogens (primary N) is 1. The van der Waals surface area contributed by atoms with Crippen molar-refractivity contribution in [2.75, 3.05) is 6.54 Å². The number of terminal acetylenes is 1. The zero-order valence-corrected chi connectivity index (χ0v) is 6.36. The summed E-state index contributed by atoms with van der Waals surface area (Å²) in [4.78, 5) is 0. The Morgan fingerprint density at radius 3 is 2.70 bits per heavy atom. The minimum absolute atomic E-state index is 0.0809. The summed E-state index contributed by atoms with van der Waals surface area (Å²) >= 11 is 0. The Morgan fingerprint density at radius 2 is 2.30 bits per heavy atom. The van der Waals surface area contributed by atoms with Gasteiger partial charge in [-0.15, -0.1) is 12.3 Å². The van der Waals surface area contributed by atoms with Gasteiger partial charge in [-0.05, 0) is 19.8 Å². The molecule has 2 heteroatoms. The first-order valence-electron chi connectivity index (χ1n) is 3.45. The molecule has 0 amide bonds. The molecule has 0 fully saturated rings. The zero-order valence-electron chi connectivity index (χ0n) is 6.36. The van der Waals surface area contributed by atoms with E-state index in [4.69, 9.17) is 12.2 Å². The molecule has 0 saturated carbocycles. The van der Waals surface area contributed by atoms with Crippen LogP contribution in [0.25, 0.3) is 0 Å². The molecular weight excluding hydrogens is 129 g/mol. The maximum absolute atomic E-state index is 12.9. The molecule has 58 valence electrons. The topological polar surface area (TPSA) is 26.0 Å². The van der Waals surface area contributed by atoms with E-state index in [2.05, 4.69) is 5.92 Å². The average Bonchev–Trinajstić information content (AvgIpc) is 1.89. The highest BCUT2D eigenvalue weighted by Crippen LogP contribution is 2.16. The van der Waals surface area contributed by atoms with Crippen LogP contribution in [0.1, 0.15) is 26.2 Å². The SMILES string of the molecule is C#CCCCC(C)(F)CN. The van der Waals surface area contributed by atoms with Crippen molar-refractivity contribution in [2.45, 2.75) is 31.9 Å². The minimum atomic E-state index is -1.23. The van der Waals surface area contributed by atoms with Crippen LogP contribution in [0.5, 0.6) is 0 Å². The smallest absolute Gasteiger partial charge is 0.120 e. The average molecular weight is 143 g/mol. The Balaban J connectivity index is 3.39. The van der Waals surface area contributed by atoms with Crippen molar-refractivity contribution < 1.29 is 4.39 Å². The highest BCUT2D eigenvalue weighted by Gasteiger charge is 2.19. The second-order valence-corrected chi connectivity index (χ2v) is 2.68. The quantitative estimate of drug-likeness (QED) is 0.468. The van der Waals surface area contributed by atoms with Gasteiger partial charge in [0.25, 0.3) is 0 Å². The van der Waals surface area contributed by atoms with Crippen LogP contribution in [0, 0.1) is 12.3 Å². The molecule has 1 unspecified atom stereocenters. The molecule has 0 spiro atoms. The lowest BCUT2D eigenvalue weighted by Crippen LogP contribution is -2.28. The molecule has 0 aromatic heterocycles. The lowest BCUT2D eigenvalue weighted by Gasteiger charge is -2.16. The van der Waals surface area contributed by atoms with Crippen LogP contribution in [0.4, 0.5) is 4.39 Å². The molecule has 0 aromatic carbocycles. The third-order valence-corrected chi connectivity index (χ3v) is 1.44. The number of unbranched alkanes of at least 4 members (excludes halogenated alkanes) is 1. The van der Waals surface area contributed by atoms with E-state index in [1.54, 1.807) is 0 Å². The molecule has 0 heterocycles. The normalized spacial score (nSPS) is 15.8. The summed E-state index contributed by atoms with van der Waals surface area (Å²) in [6.07, 6.45) is 6.82. The van der Waals surface area contributed by atoms with E-state index in [0.29, 0.717) is 12.8 Å². The molecule has 10 heavy (non-hydrogen) atoms. The van der Waals surface area contributed by atoms with Crippen LogP contribution >= 0.6 is 0 Å². The minimum Gasteiger partial charge on any atom is -0.328 e. The maximum Gasteiger partial charge on any atom is 0.120 e. The highest BCUT2D eigenvalue weighted by molar-refractivity contribution is 4.85. The van der Waals surface area contributed by atoms with Gasteiger partial charge in [0.2, 0.25) is 0 Å². The molecule has 0 aromatic rings. The third kappa shape index (κ3) is 4.34. The van der Waals surface area contributed by atoms with Crippen molar-refractivity contribution >= 4 is 0 Å². The van der Waals surface area contributed by atoms with Crippen LogP contribution < -0.4 is 5.73 Å². The van der Waals surface area contributed by atoms with Gasteiger partial charge in [-0.2, -0.15) is 0 Å². The predicted molar refractivity (Wildman–Crippen MR) is 41.3 cm³/mol. The second-order valence-electron chi connectivity index (χ2n) is 2.68. The summed E-state index contributed by atoms with van der Waals surface area (Å²) in [6, 6.07) is 0. The molecule has 1 nitrogen and oxygen atoms in total. The monoisotopic (exact) mass is 143 g/mol. The molecule has 0 bridgehead atoms. The number of rotatable bonds is 4. The fourth-order valence-corrected chi connectivity index (χ4v) is 0.661. The summed E-state index contributed by atoms with van der Waals surface area (Å²) in [5.41, 5.74) is 3.94. The standard InChI is InChI=1S/C8H14FN/c1-3-4-5-6-8(2,9)7-10/h1H,4-7,10H2,2H3. The van der Waals surface area contributed by atoms with E-state index < -0.39 is 5.67 Å². The summed E-state index contributed by atoms with van der Waals surface area (Å²) in [7, 11) is 0. The lowest BCUT2D eigenvalue weighted by atomic mass is 10.0. The Kier molecular flexibility index (Phi) is 4.06. The van der Waals surface area contributed by atoms with E-state index in [-0.39, 0.29) is 6.54 Å². The Hall–Kier alpha value is -0.550. The largest absolute Gasteiger partial charge is 0.328 e. The van der Waals surface area contributed by atoms with E-state index in [0.717, 1.165) is 6.42 Å². The van der Waals surface area contributed by atoms with Crippen LogP contribution in [0.15, 0.2) is 0 Å². The van der Waals surface area contributed by atoms with E-state index in [1.165, 1.54) is 6.92 Å². The van der Waals surface area contributed by atoms with Crippen molar-refractivity contribution in [3.63, 3.8) is 0 Å². The summed E-state index contributed by atoms with van der Waals surface area (Å²) in [5.74, 6) is 2.46. The number of alkyl halides is 1. The van der Waals surface area contributed by atoms with Gasteiger partial charge in [-0.1, -0.05) is 0 Å². The third-order valence-electron chi connectivity index (χ3n) is 1.44. The first kappa shape index (κ1) is 9.45. The van der Waals surface area contributed by atoms with Crippen molar-refractivity contribution in [1.29, 1.82) is 0 Å². The second kappa shape index (κ2) is 4.29. The summed E-state index contributed by atoms with van der Waals surface area (Å²) < 4.78 is 12.9. The van der Waals surface area contributed by atoms with Crippen LogP contribution in [-0.4, -0.2) is 12.2 Å². The Labute approximate surface area is 61.8 Å². The fourth-order valence-electron chi connectivity index (χ4n) is 0.661. The van der Waals surface area contributed by atoms with Crippen molar-refractivity contribution in [3.05, 3.63) is 0 Å². The van der Waals surface area contributed by atoms with Gasteiger partial charge in [0, 0.05) is 13.0 Å². The fraction of sp³-hybridized carbons (Fsp3) is 0.750. The molecule has 0 saturated heterocycles. The first-order valence-corrected chi connectivity index (χ1v) is 3.45. The zero-order chi connectivity index (χ0) is 8.04. The Morgan fingerprint density at radius 1 is 1.70 bits per heavy atom. The molecule has 0 aliphatic rings. The van der Waals surface area contributed by atoms with Gasteiger partial charge >= 0.3 is 0 Å². The lowest BCUT2D eigenvalue weighted by molar-refractivity contribution is 0.182. The van der Waals surface area contributed by atoms with Crippen LogP contribution in [0.2, 0.25) is 0 Å². The molecule has 1 atom stereocenters.